The third kappa shape index (κ3) is 0.900. The largest absolute Gasteiger partial charge is 0.314 e. The van der Waals surface area contributed by atoms with Crippen molar-refractivity contribution < 1.29 is 0 Å². The minimum Gasteiger partial charge on any atom is -0.314 e. The van der Waals surface area contributed by atoms with Crippen molar-refractivity contribution in [3.63, 3.8) is 0 Å². The van der Waals surface area contributed by atoms with Crippen LogP contribution in [0, 0.1) is 29.1 Å². The Kier molecular flexibility index (Phi) is 1.81. The van der Waals surface area contributed by atoms with Crippen LogP contribution in [0.25, 0.3) is 0 Å². The summed E-state index contributed by atoms with van der Waals surface area (Å²) in [5.41, 5.74) is 0.695. The van der Waals surface area contributed by atoms with Gasteiger partial charge in [0.05, 0.1) is 0 Å². The maximum Gasteiger partial charge on any atom is 0.0106 e. The summed E-state index contributed by atoms with van der Waals surface area (Å²) in [5.74, 6) is 4.15. The molecule has 0 aromatic heterocycles. The second kappa shape index (κ2) is 2.75. The van der Waals surface area contributed by atoms with E-state index in [0.29, 0.717) is 5.41 Å². The Hall–Kier alpha value is -0.0400. The van der Waals surface area contributed by atoms with Crippen molar-refractivity contribution in [2.75, 3.05) is 6.54 Å². The van der Waals surface area contributed by atoms with Gasteiger partial charge in [-0.25, -0.2) is 0 Å². The highest BCUT2D eigenvalue weighted by molar-refractivity contribution is 5.15. The van der Waals surface area contributed by atoms with Gasteiger partial charge in [0.1, 0.15) is 0 Å². The van der Waals surface area contributed by atoms with Crippen molar-refractivity contribution in [1.82, 2.24) is 5.32 Å². The fraction of sp³-hybridized carbons (Fsp3) is 1.00. The van der Waals surface area contributed by atoms with Gasteiger partial charge in [-0.15, -0.1) is 0 Å². The van der Waals surface area contributed by atoms with Gasteiger partial charge in [-0.3, -0.25) is 0 Å². The van der Waals surface area contributed by atoms with Gasteiger partial charge in [0, 0.05) is 6.04 Å². The third-order valence-corrected chi connectivity index (χ3v) is 5.74. The zero-order chi connectivity index (χ0) is 9.92. The average molecular weight is 193 g/mol. The molecule has 6 unspecified atom stereocenters. The van der Waals surface area contributed by atoms with Crippen LogP contribution in [0.3, 0.4) is 0 Å². The van der Waals surface area contributed by atoms with Crippen LogP contribution in [0.4, 0.5) is 0 Å². The van der Waals surface area contributed by atoms with E-state index in [2.05, 4.69) is 26.1 Å². The molecule has 3 rings (SSSR count). The summed E-state index contributed by atoms with van der Waals surface area (Å²) < 4.78 is 0. The van der Waals surface area contributed by atoms with Crippen molar-refractivity contribution in [3.8, 4) is 0 Å². The topological polar surface area (TPSA) is 12.0 Å². The standard InChI is InChI=1S/C13H23N/c1-4-14-11-6-9-7-13(3)8(2)5-10(9)12(11)13/h8-12,14H,4-7H2,1-3H3. The van der Waals surface area contributed by atoms with Crippen LogP contribution in [0.1, 0.15) is 40.0 Å². The van der Waals surface area contributed by atoms with E-state index in [4.69, 9.17) is 0 Å². The fourth-order valence-corrected chi connectivity index (χ4v) is 5.14. The van der Waals surface area contributed by atoms with Crippen LogP contribution in [0.2, 0.25) is 0 Å². The van der Waals surface area contributed by atoms with Gasteiger partial charge in [0.25, 0.3) is 0 Å². The molecule has 3 aliphatic rings. The molecule has 0 spiro atoms. The van der Waals surface area contributed by atoms with Crippen LogP contribution >= 0.6 is 0 Å². The number of rotatable bonds is 2. The normalized spacial score (nSPS) is 59.8. The third-order valence-electron chi connectivity index (χ3n) is 5.74. The van der Waals surface area contributed by atoms with Crippen LogP contribution in [0.15, 0.2) is 0 Å². The van der Waals surface area contributed by atoms with Crippen molar-refractivity contribution in [2.24, 2.45) is 29.1 Å². The Morgan fingerprint density at radius 1 is 1.36 bits per heavy atom. The first-order valence-corrected chi connectivity index (χ1v) is 6.40. The summed E-state index contributed by atoms with van der Waals surface area (Å²) in [6.07, 6.45) is 4.53. The Morgan fingerprint density at radius 2 is 2.14 bits per heavy atom. The lowest BCUT2D eigenvalue weighted by molar-refractivity contribution is 0.103. The molecule has 0 aliphatic heterocycles. The summed E-state index contributed by atoms with van der Waals surface area (Å²) in [6.45, 7) is 8.45. The van der Waals surface area contributed by atoms with E-state index in [1.54, 1.807) is 0 Å². The molecule has 1 N–H and O–H groups in total. The molecule has 0 aromatic carbocycles. The minimum atomic E-state index is 0.695. The first kappa shape index (κ1) is 9.21. The first-order valence-electron chi connectivity index (χ1n) is 6.40. The van der Waals surface area contributed by atoms with Gasteiger partial charge >= 0.3 is 0 Å². The second-order valence-corrected chi connectivity index (χ2v) is 6.20. The first-order chi connectivity index (χ1) is 6.66. The highest BCUT2D eigenvalue weighted by Gasteiger charge is 2.65. The highest BCUT2D eigenvalue weighted by Crippen LogP contribution is 2.69. The van der Waals surface area contributed by atoms with Crippen LogP contribution in [0.5, 0.6) is 0 Å². The predicted molar refractivity (Wildman–Crippen MR) is 59.1 cm³/mol. The van der Waals surface area contributed by atoms with Gasteiger partial charge in [-0.1, -0.05) is 20.8 Å². The van der Waals surface area contributed by atoms with Crippen LogP contribution < -0.4 is 5.32 Å². The van der Waals surface area contributed by atoms with Crippen molar-refractivity contribution in [2.45, 2.75) is 46.1 Å². The number of hydrogen-bond donors (Lipinski definition) is 1. The lowest BCUT2D eigenvalue weighted by Gasteiger charge is -2.41. The summed E-state index contributed by atoms with van der Waals surface area (Å²) in [5, 5.41) is 3.72. The van der Waals surface area contributed by atoms with Gasteiger partial charge in [0.15, 0.2) is 0 Å². The van der Waals surface area contributed by atoms with E-state index in [0.717, 1.165) is 36.3 Å². The predicted octanol–water partition coefficient (Wildman–Crippen LogP) is 2.67. The second-order valence-electron chi connectivity index (χ2n) is 6.20. The van der Waals surface area contributed by atoms with Gasteiger partial charge in [0.2, 0.25) is 0 Å². The SMILES string of the molecule is CCNC1CC2CC3(C)C(C)CC2C13. The van der Waals surface area contributed by atoms with Gasteiger partial charge < -0.3 is 5.32 Å². The summed E-state index contributed by atoms with van der Waals surface area (Å²) in [4.78, 5) is 0. The summed E-state index contributed by atoms with van der Waals surface area (Å²) >= 11 is 0. The smallest absolute Gasteiger partial charge is 0.0106 e. The molecule has 80 valence electrons. The molecule has 14 heavy (non-hydrogen) atoms. The molecular weight excluding hydrogens is 170 g/mol. The lowest BCUT2D eigenvalue weighted by Crippen LogP contribution is -2.43. The Labute approximate surface area is 87.7 Å². The molecule has 0 aromatic rings. The molecule has 0 amide bonds. The van der Waals surface area contributed by atoms with E-state index < -0.39 is 0 Å². The highest BCUT2D eigenvalue weighted by atomic mass is 15.0. The van der Waals surface area contributed by atoms with E-state index in [1.165, 1.54) is 19.3 Å². The Balaban J connectivity index is 1.87. The van der Waals surface area contributed by atoms with E-state index in [1.807, 2.05) is 0 Å². The molecule has 4 bridgehead atoms. The Bertz CT molecular complexity index is 250. The maximum absolute atomic E-state index is 3.72. The summed E-state index contributed by atoms with van der Waals surface area (Å²) in [6, 6.07) is 0.860. The molecule has 3 aliphatic carbocycles. The fourth-order valence-electron chi connectivity index (χ4n) is 5.14. The molecule has 3 fully saturated rings. The van der Waals surface area contributed by atoms with Gasteiger partial charge in [-0.2, -0.15) is 0 Å². The number of nitrogens with one attached hydrogen (secondary N) is 1. The molecule has 0 radical (unpaired) electrons. The van der Waals surface area contributed by atoms with E-state index in [-0.39, 0.29) is 0 Å². The molecule has 0 saturated heterocycles. The average Bonchev–Trinajstić information content (AvgIpc) is 2.65. The van der Waals surface area contributed by atoms with Gasteiger partial charge in [-0.05, 0) is 54.9 Å². The molecule has 3 saturated carbocycles. The van der Waals surface area contributed by atoms with Crippen molar-refractivity contribution in [1.29, 1.82) is 0 Å². The summed E-state index contributed by atoms with van der Waals surface area (Å²) in [7, 11) is 0. The molecule has 0 heterocycles. The maximum atomic E-state index is 3.72. The Morgan fingerprint density at radius 3 is 2.79 bits per heavy atom. The number of hydrogen-bond acceptors (Lipinski definition) is 1. The quantitative estimate of drug-likeness (QED) is 0.711. The van der Waals surface area contributed by atoms with Crippen molar-refractivity contribution >= 4 is 0 Å². The van der Waals surface area contributed by atoms with Crippen LogP contribution in [-0.2, 0) is 0 Å². The molecule has 1 nitrogen and oxygen atoms in total. The monoisotopic (exact) mass is 193 g/mol. The molecule has 6 atom stereocenters. The lowest BCUT2D eigenvalue weighted by atomic mass is 9.67. The van der Waals surface area contributed by atoms with Crippen LogP contribution in [-0.4, -0.2) is 12.6 Å². The molecule has 1 heteroatoms. The van der Waals surface area contributed by atoms with Crippen molar-refractivity contribution in [3.05, 3.63) is 0 Å². The van der Waals surface area contributed by atoms with E-state index in [9.17, 15) is 0 Å². The zero-order valence-electron chi connectivity index (χ0n) is 9.72. The molecular formula is C13H23N. The minimum absolute atomic E-state index is 0.695. The van der Waals surface area contributed by atoms with E-state index >= 15 is 0 Å². The zero-order valence-corrected chi connectivity index (χ0v) is 9.72.